The zero-order valence-electron chi connectivity index (χ0n) is 16.4. The molecule has 1 aliphatic heterocycles. The van der Waals surface area contributed by atoms with Gasteiger partial charge in [-0.3, -0.25) is 0 Å². The van der Waals surface area contributed by atoms with Crippen LogP contribution in [-0.2, 0) is 35.0 Å². The van der Waals surface area contributed by atoms with Crippen LogP contribution in [0.15, 0.2) is 46.3 Å². The third-order valence-electron chi connectivity index (χ3n) is 4.90. The maximum atomic E-state index is 13.1. The van der Waals surface area contributed by atoms with Crippen molar-refractivity contribution in [1.82, 2.24) is 24.0 Å². The van der Waals surface area contributed by atoms with Crippen LogP contribution in [0.1, 0.15) is 42.6 Å². The molecule has 30 heavy (non-hydrogen) atoms. The number of halogens is 1. The van der Waals surface area contributed by atoms with Crippen molar-refractivity contribution in [2.75, 3.05) is 6.54 Å². The summed E-state index contributed by atoms with van der Waals surface area (Å²) in [6, 6.07) is 5.49. The lowest BCUT2D eigenvalue weighted by Gasteiger charge is -2.31. The summed E-state index contributed by atoms with van der Waals surface area (Å²) in [6.45, 7) is 0.709. The predicted octanol–water partition coefficient (Wildman–Crippen LogP) is 2.57. The second kappa shape index (κ2) is 8.62. The molecule has 1 fully saturated rings. The van der Waals surface area contributed by atoms with Crippen molar-refractivity contribution in [3.8, 4) is 0 Å². The van der Waals surface area contributed by atoms with Crippen molar-refractivity contribution in [2.45, 2.75) is 43.5 Å². The van der Waals surface area contributed by atoms with Gasteiger partial charge in [0.15, 0.2) is 10.9 Å². The molecule has 0 radical (unpaired) electrons. The molecule has 1 unspecified atom stereocenters. The molecule has 160 valence electrons. The molecule has 0 bridgehead atoms. The predicted molar refractivity (Wildman–Crippen MR) is 103 cm³/mol. The monoisotopic (exact) mass is 435 g/mol. The van der Waals surface area contributed by atoms with Gasteiger partial charge in [-0.1, -0.05) is 23.7 Å². The molecule has 1 aliphatic rings. The van der Waals surface area contributed by atoms with E-state index in [1.807, 2.05) is 0 Å². The normalized spacial score (nSPS) is 18.0. The molecule has 3 heterocycles. The molecule has 0 amide bonds. The second-order valence-electron chi connectivity index (χ2n) is 7.17. The summed E-state index contributed by atoms with van der Waals surface area (Å²) in [4.78, 5) is 8.34. The molecule has 1 aromatic carbocycles. The number of benzene rings is 1. The Morgan fingerprint density at radius 2 is 2.03 bits per heavy atom. The summed E-state index contributed by atoms with van der Waals surface area (Å²) in [6.07, 6.45) is 5.15. The van der Waals surface area contributed by atoms with Crippen LogP contribution in [0.4, 0.5) is 4.39 Å². The van der Waals surface area contributed by atoms with Gasteiger partial charge in [-0.2, -0.15) is 9.29 Å². The van der Waals surface area contributed by atoms with E-state index in [4.69, 9.17) is 9.26 Å². The Labute approximate surface area is 173 Å². The molecule has 4 rings (SSSR count). The molecular weight excluding hydrogens is 413 g/mol. The number of ether oxygens (including phenoxy) is 1. The summed E-state index contributed by atoms with van der Waals surface area (Å²) in [5.41, 5.74) is 0.816. The van der Waals surface area contributed by atoms with Crippen molar-refractivity contribution in [3.05, 3.63) is 59.9 Å². The first-order chi connectivity index (χ1) is 14.4. The zero-order valence-corrected chi connectivity index (χ0v) is 17.3. The summed E-state index contributed by atoms with van der Waals surface area (Å²) in [7, 11) is -2.05. The lowest BCUT2D eigenvalue weighted by molar-refractivity contribution is 0.0850. The van der Waals surface area contributed by atoms with Gasteiger partial charge in [0.05, 0.1) is 19.0 Å². The number of piperidine rings is 1. The third kappa shape index (κ3) is 4.42. The SMILES string of the molecule is Cn1cnc(S(=O)(=O)N2CCCCC2c2noc(COCc3ccc(F)cc3)n2)c1. The lowest BCUT2D eigenvalue weighted by atomic mass is 10.0. The van der Waals surface area contributed by atoms with E-state index in [-0.39, 0.29) is 29.9 Å². The molecule has 0 spiro atoms. The van der Waals surface area contributed by atoms with Crippen LogP contribution in [0, 0.1) is 5.82 Å². The number of rotatable bonds is 7. The molecule has 0 saturated carbocycles. The van der Waals surface area contributed by atoms with Gasteiger partial charge in [0.2, 0.25) is 0 Å². The molecule has 11 heteroatoms. The molecular formula is C19H22FN5O4S. The van der Waals surface area contributed by atoms with Crippen molar-refractivity contribution < 1.29 is 22.1 Å². The van der Waals surface area contributed by atoms with Gasteiger partial charge in [-0.05, 0) is 30.5 Å². The van der Waals surface area contributed by atoms with Gasteiger partial charge < -0.3 is 13.8 Å². The molecule has 0 N–H and O–H groups in total. The number of imidazole rings is 1. The first-order valence-corrected chi connectivity index (χ1v) is 11.0. The largest absolute Gasteiger partial charge is 0.367 e. The number of aromatic nitrogens is 4. The molecule has 3 aromatic rings. The fraction of sp³-hybridized carbons (Fsp3) is 0.421. The Balaban J connectivity index is 1.44. The van der Waals surface area contributed by atoms with Crippen LogP contribution in [0.25, 0.3) is 0 Å². The van der Waals surface area contributed by atoms with Crippen LogP contribution in [0.2, 0.25) is 0 Å². The van der Waals surface area contributed by atoms with Crippen molar-refractivity contribution >= 4 is 10.0 Å². The average Bonchev–Trinajstić information content (AvgIpc) is 3.39. The van der Waals surface area contributed by atoms with Crippen molar-refractivity contribution in [2.24, 2.45) is 7.05 Å². The first kappa shape index (κ1) is 20.6. The maximum absolute atomic E-state index is 13.1. The van der Waals surface area contributed by atoms with Gasteiger partial charge in [0, 0.05) is 19.8 Å². The summed E-state index contributed by atoms with van der Waals surface area (Å²) in [5, 5.41) is 4.00. The van der Waals surface area contributed by atoms with Crippen molar-refractivity contribution in [1.29, 1.82) is 0 Å². The Kier molecular flexibility index (Phi) is 5.93. The van der Waals surface area contributed by atoms with Crippen LogP contribution in [0.5, 0.6) is 0 Å². The number of sulfonamides is 1. The van der Waals surface area contributed by atoms with Gasteiger partial charge in [0.1, 0.15) is 12.4 Å². The highest BCUT2D eigenvalue weighted by molar-refractivity contribution is 7.89. The number of hydrogen-bond donors (Lipinski definition) is 0. The summed E-state index contributed by atoms with van der Waals surface area (Å²) < 4.78 is 52.9. The summed E-state index contributed by atoms with van der Waals surface area (Å²) in [5.74, 6) is 0.264. The minimum atomic E-state index is -3.77. The topological polar surface area (TPSA) is 103 Å². The van der Waals surface area contributed by atoms with Gasteiger partial charge in [-0.25, -0.2) is 17.8 Å². The highest BCUT2D eigenvalue weighted by Crippen LogP contribution is 2.33. The zero-order chi connectivity index (χ0) is 21.1. The first-order valence-electron chi connectivity index (χ1n) is 9.58. The smallest absolute Gasteiger partial charge is 0.262 e. The Morgan fingerprint density at radius 3 is 2.77 bits per heavy atom. The number of nitrogens with zero attached hydrogens (tertiary/aromatic N) is 5. The van der Waals surface area contributed by atoms with E-state index in [1.165, 1.54) is 29.0 Å². The van der Waals surface area contributed by atoms with Crippen LogP contribution in [0.3, 0.4) is 0 Å². The lowest BCUT2D eigenvalue weighted by Crippen LogP contribution is -2.39. The number of hydrogen-bond acceptors (Lipinski definition) is 7. The highest BCUT2D eigenvalue weighted by Gasteiger charge is 2.38. The minimum absolute atomic E-state index is 0.00301. The average molecular weight is 435 g/mol. The molecule has 1 saturated heterocycles. The van der Waals surface area contributed by atoms with E-state index in [0.29, 0.717) is 18.8 Å². The maximum Gasteiger partial charge on any atom is 0.262 e. The fourth-order valence-corrected chi connectivity index (χ4v) is 5.02. The van der Waals surface area contributed by atoms with Crippen LogP contribution < -0.4 is 0 Å². The standard InChI is InChI=1S/C19H22FN5O4S/c1-24-10-18(21-13-24)30(26,27)25-9-3-2-4-16(25)19-22-17(29-23-19)12-28-11-14-5-7-15(20)8-6-14/h5-8,10,13,16H,2-4,9,11-12H2,1H3. The van der Waals surface area contributed by atoms with Crippen LogP contribution in [-0.4, -0.2) is 39.0 Å². The van der Waals surface area contributed by atoms with E-state index in [9.17, 15) is 12.8 Å². The summed E-state index contributed by atoms with van der Waals surface area (Å²) >= 11 is 0. The van der Waals surface area contributed by atoms with E-state index >= 15 is 0 Å². The van der Waals surface area contributed by atoms with E-state index in [1.54, 1.807) is 23.7 Å². The Hall–Kier alpha value is -2.63. The second-order valence-corrected chi connectivity index (χ2v) is 9.01. The van der Waals surface area contributed by atoms with Crippen molar-refractivity contribution in [3.63, 3.8) is 0 Å². The Morgan fingerprint density at radius 1 is 1.23 bits per heavy atom. The Bertz CT molecular complexity index is 1100. The molecule has 2 aromatic heterocycles. The third-order valence-corrected chi connectivity index (χ3v) is 6.69. The number of aryl methyl sites for hydroxylation is 1. The van der Waals surface area contributed by atoms with E-state index in [2.05, 4.69) is 15.1 Å². The van der Waals surface area contributed by atoms with Crippen LogP contribution >= 0.6 is 0 Å². The molecule has 9 nitrogen and oxygen atoms in total. The van der Waals surface area contributed by atoms with E-state index in [0.717, 1.165) is 18.4 Å². The molecule has 1 atom stereocenters. The van der Waals surface area contributed by atoms with Gasteiger partial charge in [0.25, 0.3) is 15.9 Å². The van der Waals surface area contributed by atoms with Gasteiger partial charge >= 0.3 is 0 Å². The highest BCUT2D eigenvalue weighted by atomic mass is 32.2. The van der Waals surface area contributed by atoms with E-state index < -0.39 is 16.1 Å². The molecule has 0 aliphatic carbocycles. The minimum Gasteiger partial charge on any atom is -0.367 e. The van der Waals surface area contributed by atoms with Gasteiger partial charge in [-0.15, -0.1) is 0 Å². The quantitative estimate of drug-likeness (QED) is 0.562. The fourth-order valence-electron chi connectivity index (χ4n) is 3.39.